The monoisotopic (exact) mass is 278 g/mol. The van der Waals surface area contributed by atoms with Crippen molar-refractivity contribution in [2.24, 2.45) is 0 Å². The van der Waals surface area contributed by atoms with Gasteiger partial charge in [-0.3, -0.25) is 0 Å². The fourth-order valence-electron chi connectivity index (χ4n) is 1.66. The lowest BCUT2D eigenvalue weighted by atomic mass is 10.2. The Morgan fingerprint density at radius 3 is 2.25 bits per heavy atom. The van der Waals surface area contributed by atoms with Crippen molar-refractivity contribution in [1.82, 2.24) is 0 Å². The molecule has 0 aliphatic heterocycles. The van der Waals surface area contributed by atoms with Crippen LogP contribution in [0.25, 0.3) is 0 Å². The molecule has 0 aliphatic rings. The molecule has 2 rings (SSSR count). The first-order valence-corrected chi connectivity index (χ1v) is 5.73. The van der Waals surface area contributed by atoms with E-state index in [0.29, 0.717) is 16.9 Å². The molecular formula is C14H12F2N2O2. The molecule has 0 spiro atoms. The number of benzene rings is 2. The summed E-state index contributed by atoms with van der Waals surface area (Å²) in [5.74, 6) is -2.59. The molecule has 4 nitrogen and oxygen atoms in total. The van der Waals surface area contributed by atoms with Gasteiger partial charge in [-0.05, 0) is 35.9 Å². The number of hydrogen-bond donors (Lipinski definition) is 2. The highest BCUT2D eigenvalue weighted by Gasteiger charge is 2.10. The number of ether oxygens (including phenoxy) is 1. The van der Waals surface area contributed by atoms with E-state index in [4.69, 9.17) is 16.2 Å². The van der Waals surface area contributed by atoms with Gasteiger partial charge in [-0.15, -0.1) is 0 Å². The molecule has 20 heavy (non-hydrogen) atoms. The van der Waals surface area contributed by atoms with Crippen LogP contribution >= 0.6 is 0 Å². The standard InChI is InChI=1S/C14H12F2N2O2/c15-12-2-1-8(3-13(12)16)7-20-14(19)9-4-10(17)6-11(18)5-9/h1-6H,7,17-18H2. The molecule has 0 aromatic heterocycles. The molecule has 104 valence electrons. The first-order valence-electron chi connectivity index (χ1n) is 5.73. The van der Waals surface area contributed by atoms with E-state index in [-0.39, 0.29) is 12.2 Å². The molecule has 0 saturated carbocycles. The number of nitrogens with two attached hydrogens (primary N) is 2. The summed E-state index contributed by atoms with van der Waals surface area (Å²) in [4.78, 5) is 11.8. The Morgan fingerprint density at radius 2 is 1.65 bits per heavy atom. The van der Waals surface area contributed by atoms with Crippen LogP contribution in [0.5, 0.6) is 0 Å². The van der Waals surface area contributed by atoms with Gasteiger partial charge in [0.1, 0.15) is 6.61 Å². The van der Waals surface area contributed by atoms with Crippen molar-refractivity contribution >= 4 is 17.3 Å². The maximum Gasteiger partial charge on any atom is 0.338 e. The zero-order valence-corrected chi connectivity index (χ0v) is 10.4. The third-order valence-corrected chi connectivity index (χ3v) is 2.57. The van der Waals surface area contributed by atoms with Crippen molar-refractivity contribution in [3.05, 3.63) is 59.2 Å². The zero-order valence-electron chi connectivity index (χ0n) is 10.4. The number of anilines is 2. The smallest absolute Gasteiger partial charge is 0.338 e. The van der Waals surface area contributed by atoms with Crippen LogP contribution in [0.3, 0.4) is 0 Å². The summed E-state index contributed by atoms with van der Waals surface area (Å²) in [7, 11) is 0. The topological polar surface area (TPSA) is 78.3 Å². The predicted octanol–water partition coefficient (Wildman–Crippen LogP) is 2.49. The number of nitrogen functional groups attached to an aromatic ring is 2. The molecule has 0 bridgehead atoms. The average molecular weight is 278 g/mol. The van der Waals surface area contributed by atoms with E-state index in [1.54, 1.807) is 0 Å². The number of hydrogen-bond acceptors (Lipinski definition) is 4. The SMILES string of the molecule is Nc1cc(N)cc(C(=O)OCc2ccc(F)c(F)c2)c1. The second-order valence-electron chi connectivity index (χ2n) is 4.21. The number of carbonyl (C=O) groups excluding carboxylic acids is 1. The molecule has 0 heterocycles. The Balaban J connectivity index is 2.06. The third kappa shape index (κ3) is 3.23. The van der Waals surface area contributed by atoms with Gasteiger partial charge in [-0.1, -0.05) is 6.07 Å². The van der Waals surface area contributed by atoms with Crippen LogP contribution in [0.2, 0.25) is 0 Å². The van der Waals surface area contributed by atoms with E-state index in [1.807, 2.05) is 0 Å². The summed E-state index contributed by atoms with van der Waals surface area (Å²) in [6.07, 6.45) is 0. The van der Waals surface area contributed by atoms with E-state index >= 15 is 0 Å². The molecule has 0 amide bonds. The van der Waals surface area contributed by atoms with Gasteiger partial charge in [-0.25, -0.2) is 13.6 Å². The fourth-order valence-corrected chi connectivity index (χ4v) is 1.66. The quantitative estimate of drug-likeness (QED) is 0.668. The van der Waals surface area contributed by atoms with Crippen molar-refractivity contribution < 1.29 is 18.3 Å². The molecule has 0 fully saturated rings. The molecule has 2 aromatic carbocycles. The molecule has 0 radical (unpaired) electrons. The normalized spacial score (nSPS) is 10.3. The lowest BCUT2D eigenvalue weighted by molar-refractivity contribution is 0.0472. The van der Waals surface area contributed by atoms with Gasteiger partial charge in [0.25, 0.3) is 0 Å². The van der Waals surface area contributed by atoms with Crippen molar-refractivity contribution in [1.29, 1.82) is 0 Å². The van der Waals surface area contributed by atoms with Crippen LogP contribution in [0, 0.1) is 11.6 Å². The minimum absolute atomic E-state index is 0.176. The first kappa shape index (κ1) is 13.8. The maximum absolute atomic E-state index is 13.0. The number of halogens is 2. The van der Waals surface area contributed by atoms with Crippen molar-refractivity contribution in [3.63, 3.8) is 0 Å². The summed E-state index contributed by atoms with van der Waals surface area (Å²) in [6.45, 7) is -0.176. The van der Waals surface area contributed by atoms with Gasteiger partial charge in [0.05, 0.1) is 5.56 Å². The van der Waals surface area contributed by atoms with Gasteiger partial charge in [0, 0.05) is 11.4 Å². The van der Waals surface area contributed by atoms with Gasteiger partial charge in [-0.2, -0.15) is 0 Å². The predicted molar refractivity (Wildman–Crippen MR) is 70.7 cm³/mol. The lowest BCUT2D eigenvalue weighted by Crippen LogP contribution is -2.07. The highest BCUT2D eigenvalue weighted by atomic mass is 19.2. The van der Waals surface area contributed by atoms with Crippen LogP contribution in [-0.2, 0) is 11.3 Å². The van der Waals surface area contributed by atoms with Gasteiger partial charge < -0.3 is 16.2 Å². The van der Waals surface area contributed by atoms with E-state index in [0.717, 1.165) is 12.1 Å². The first-order chi connectivity index (χ1) is 9.45. The Labute approximate surface area is 114 Å². The number of esters is 1. The third-order valence-electron chi connectivity index (χ3n) is 2.57. The molecule has 0 unspecified atom stereocenters. The van der Waals surface area contributed by atoms with Crippen LogP contribution in [-0.4, -0.2) is 5.97 Å². The van der Waals surface area contributed by atoms with E-state index < -0.39 is 17.6 Å². The highest BCUT2D eigenvalue weighted by Crippen LogP contribution is 2.16. The average Bonchev–Trinajstić information content (AvgIpc) is 2.38. The van der Waals surface area contributed by atoms with Crippen molar-refractivity contribution in [3.8, 4) is 0 Å². The Hall–Kier alpha value is -2.63. The maximum atomic E-state index is 13.0. The Morgan fingerprint density at radius 1 is 1.00 bits per heavy atom. The molecule has 4 N–H and O–H groups in total. The van der Waals surface area contributed by atoms with Crippen molar-refractivity contribution in [2.45, 2.75) is 6.61 Å². The minimum Gasteiger partial charge on any atom is -0.457 e. The molecule has 0 aliphatic carbocycles. The summed E-state index contributed by atoms with van der Waals surface area (Å²) >= 11 is 0. The van der Waals surface area contributed by atoms with E-state index in [1.165, 1.54) is 24.3 Å². The van der Waals surface area contributed by atoms with Crippen molar-refractivity contribution in [2.75, 3.05) is 11.5 Å². The Bertz CT molecular complexity index is 639. The van der Waals surface area contributed by atoms with Crippen LogP contribution < -0.4 is 11.5 Å². The van der Waals surface area contributed by atoms with Crippen LogP contribution in [0.4, 0.5) is 20.2 Å². The van der Waals surface area contributed by atoms with E-state index in [9.17, 15) is 13.6 Å². The van der Waals surface area contributed by atoms with Gasteiger partial charge in [0.2, 0.25) is 0 Å². The number of carbonyl (C=O) groups is 1. The van der Waals surface area contributed by atoms with Crippen LogP contribution in [0.1, 0.15) is 15.9 Å². The van der Waals surface area contributed by atoms with Gasteiger partial charge in [0.15, 0.2) is 11.6 Å². The summed E-state index contributed by atoms with van der Waals surface area (Å²) < 4.78 is 30.7. The molecular weight excluding hydrogens is 266 g/mol. The fraction of sp³-hybridized carbons (Fsp3) is 0.0714. The summed E-state index contributed by atoms with van der Waals surface area (Å²) in [5.41, 5.74) is 12.3. The zero-order chi connectivity index (χ0) is 14.7. The highest BCUT2D eigenvalue weighted by molar-refractivity contribution is 5.91. The molecule has 2 aromatic rings. The van der Waals surface area contributed by atoms with Crippen LogP contribution in [0.15, 0.2) is 36.4 Å². The molecule has 0 saturated heterocycles. The second kappa shape index (κ2) is 5.56. The lowest BCUT2D eigenvalue weighted by Gasteiger charge is -2.07. The van der Waals surface area contributed by atoms with E-state index in [2.05, 4.69) is 0 Å². The minimum atomic E-state index is -0.994. The largest absolute Gasteiger partial charge is 0.457 e. The molecule has 0 atom stereocenters. The summed E-state index contributed by atoms with van der Waals surface area (Å²) in [5, 5.41) is 0. The summed E-state index contributed by atoms with van der Waals surface area (Å²) in [6, 6.07) is 7.62. The van der Waals surface area contributed by atoms with Gasteiger partial charge >= 0.3 is 5.97 Å². The Kier molecular flexibility index (Phi) is 3.84. The number of rotatable bonds is 3. The second-order valence-corrected chi connectivity index (χ2v) is 4.21. The molecule has 6 heteroatoms.